The van der Waals surface area contributed by atoms with Gasteiger partial charge in [0.2, 0.25) is 0 Å². The molecule has 0 saturated heterocycles. The fraction of sp³-hybridized carbons (Fsp3) is 0.316. The highest BCUT2D eigenvalue weighted by Gasteiger charge is 2.45. The maximum Gasteiger partial charge on any atom is 0.251 e. The number of rotatable bonds is 6. The average molecular weight is 329 g/mol. The second-order valence-corrected chi connectivity index (χ2v) is 6.10. The number of carbonyl (C=O) groups excluding carboxylic acids is 1. The number of ether oxygens (including phenoxy) is 1. The fourth-order valence-electron chi connectivity index (χ4n) is 2.89. The molecule has 2 N–H and O–H groups in total. The minimum absolute atomic E-state index is 0.0883. The molecule has 2 aromatic carbocycles. The van der Waals surface area contributed by atoms with Crippen molar-refractivity contribution in [2.75, 3.05) is 13.7 Å². The summed E-state index contributed by atoms with van der Waals surface area (Å²) in [6.45, 7) is 0.0914. The Kier molecular flexibility index (Phi) is 4.53. The summed E-state index contributed by atoms with van der Waals surface area (Å²) in [5, 5.41) is 13.8. The van der Waals surface area contributed by atoms with Crippen molar-refractivity contribution in [2.45, 2.75) is 18.4 Å². The van der Waals surface area contributed by atoms with Crippen molar-refractivity contribution in [3.8, 4) is 5.75 Å². The summed E-state index contributed by atoms with van der Waals surface area (Å²) in [7, 11) is 1.37. The zero-order chi connectivity index (χ0) is 17.2. The van der Waals surface area contributed by atoms with Gasteiger partial charge in [-0.1, -0.05) is 30.3 Å². The van der Waals surface area contributed by atoms with Crippen molar-refractivity contribution in [1.29, 1.82) is 0 Å². The predicted octanol–water partition coefficient (Wildman–Crippen LogP) is 2.86. The van der Waals surface area contributed by atoms with Crippen LogP contribution in [0.3, 0.4) is 0 Å². The number of nitrogens with one attached hydrogen (secondary N) is 1. The molecule has 0 aliphatic heterocycles. The van der Waals surface area contributed by atoms with E-state index < -0.39 is 17.3 Å². The van der Waals surface area contributed by atoms with Gasteiger partial charge in [0.05, 0.1) is 13.7 Å². The fourth-order valence-corrected chi connectivity index (χ4v) is 2.89. The van der Waals surface area contributed by atoms with E-state index >= 15 is 0 Å². The predicted molar refractivity (Wildman–Crippen MR) is 88.3 cm³/mol. The van der Waals surface area contributed by atoms with Crippen LogP contribution in [0.25, 0.3) is 0 Å². The van der Waals surface area contributed by atoms with Gasteiger partial charge in [0.1, 0.15) is 5.60 Å². The van der Waals surface area contributed by atoms with Gasteiger partial charge in [-0.3, -0.25) is 4.79 Å². The van der Waals surface area contributed by atoms with Crippen molar-refractivity contribution in [1.82, 2.24) is 5.32 Å². The van der Waals surface area contributed by atoms with Crippen LogP contribution in [0.1, 0.15) is 28.8 Å². The molecule has 1 aliphatic rings. The second-order valence-electron chi connectivity index (χ2n) is 6.10. The molecule has 1 amide bonds. The number of methoxy groups -OCH3 is 1. The summed E-state index contributed by atoms with van der Waals surface area (Å²) in [6.07, 6.45) is 1.86. The average Bonchev–Trinajstić information content (AvgIpc) is 3.45. The summed E-state index contributed by atoms with van der Waals surface area (Å²) in [6, 6.07) is 13.4. The Bertz CT molecular complexity index is 731. The minimum atomic E-state index is -1.10. The van der Waals surface area contributed by atoms with E-state index in [1.807, 2.05) is 30.3 Å². The molecular formula is C19H20FNO3. The van der Waals surface area contributed by atoms with Gasteiger partial charge in [0.15, 0.2) is 11.6 Å². The summed E-state index contributed by atoms with van der Waals surface area (Å²) in [5.74, 6) is -0.796. The van der Waals surface area contributed by atoms with E-state index in [4.69, 9.17) is 4.74 Å². The highest BCUT2D eigenvalue weighted by atomic mass is 19.1. The first-order valence-corrected chi connectivity index (χ1v) is 7.94. The molecule has 24 heavy (non-hydrogen) atoms. The van der Waals surface area contributed by atoms with Crippen LogP contribution in [0.2, 0.25) is 0 Å². The maximum atomic E-state index is 13.7. The molecule has 0 heterocycles. The van der Waals surface area contributed by atoms with Gasteiger partial charge in [-0.2, -0.15) is 0 Å². The summed E-state index contributed by atoms with van der Waals surface area (Å²) < 4.78 is 18.6. The number of aliphatic hydroxyl groups is 1. The third kappa shape index (κ3) is 3.26. The van der Waals surface area contributed by atoms with Crippen LogP contribution in [0.15, 0.2) is 48.5 Å². The van der Waals surface area contributed by atoms with Crippen LogP contribution >= 0.6 is 0 Å². The lowest BCUT2D eigenvalue weighted by Gasteiger charge is -2.29. The Balaban J connectivity index is 1.73. The van der Waals surface area contributed by atoms with E-state index in [0.29, 0.717) is 0 Å². The van der Waals surface area contributed by atoms with E-state index in [0.717, 1.165) is 24.5 Å². The maximum absolute atomic E-state index is 13.7. The van der Waals surface area contributed by atoms with Crippen molar-refractivity contribution in [3.05, 3.63) is 65.5 Å². The molecule has 126 valence electrons. The first kappa shape index (κ1) is 16.5. The van der Waals surface area contributed by atoms with Crippen LogP contribution < -0.4 is 10.1 Å². The van der Waals surface area contributed by atoms with E-state index in [9.17, 15) is 14.3 Å². The van der Waals surface area contributed by atoms with Gasteiger partial charge >= 0.3 is 0 Å². The van der Waals surface area contributed by atoms with Crippen molar-refractivity contribution < 1.29 is 19.0 Å². The van der Waals surface area contributed by atoms with Gasteiger partial charge in [0, 0.05) is 5.56 Å². The highest BCUT2D eigenvalue weighted by molar-refractivity contribution is 5.94. The third-order valence-corrected chi connectivity index (χ3v) is 4.46. The molecular weight excluding hydrogens is 309 g/mol. The number of halogens is 1. The van der Waals surface area contributed by atoms with E-state index in [1.165, 1.54) is 19.2 Å². The van der Waals surface area contributed by atoms with Crippen LogP contribution in [0.5, 0.6) is 5.75 Å². The molecule has 0 unspecified atom stereocenters. The quantitative estimate of drug-likeness (QED) is 0.857. The SMILES string of the molecule is COc1ccc(C(=O)NC[C@@](O)(c2ccccc2)C2CC2)cc1F. The second kappa shape index (κ2) is 6.61. The van der Waals surface area contributed by atoms with Crippen molar-refractivity contribution in [3.63, 3.8) is 0 Å². The molecule has 5 heteroatoms. The summed E-state index contributed by atoms with van der Waals surface area (Å²) >= 11 is 0. The van der Waals surface area contributed by atoms with Crippen LogP contribution in [-0.2, 0) is 5.60 Å². The first-order valence-electron chi connectivity index (χ1n) is 7.94. The van der Waals surface area contributed by atoms with Crippen molar-refractivity contribution in [2.24, 2.45) is 5.92 Å². The van der Waals surface area contributed by atoms with Crippen molar-refractivity contribution >= 4 is 5.91 Å². The Morgan fingerprint density at radius 2 is 2.00 bits per heavy atom. The molecule has 3 rings (SSSR count). The molecule has 4 nitrogen and oxygen atoms in total. The largest absolute Gasteiger partial charge is 0.494 e. The van der Waals surface area contributed by atoms with E-state index in [1.54, 1.807) is 0 Å². The molecule has 0 bridgehead atoms. The molecule has 1 fully saturated rings. The molecule has 0 aromatic heterocycles. The highest BCUT2D eigenvalue weighted by Crippen LogP contribution is 2.45. The number of hydrogen-bond donors (Lipinski definition) is 2. The lowest BCUT2D eigenvalue weighted by Crippen LogP contribution is -2.42. The lowest BCUT2D eigenvalue weighted by molar-refractivity contribution is 0.0135. The molecule has 2 aromatic rings. The smallest absolute Gasteiger partial charge is 0.251 e. The monoisotopic (exact) mass is 329 g/mol. The number of hydrogen-bond acceptors (Lipinski definition) is 3. The van der Waals surface area contributed by atoms with Crippen LogP contribution in [0.4, 0.5) is 4.39 Å². The zero-order valence-corrected chi connectivity index (χ0v) is 13.5. The molecule has 1 atom stereocenters. The first-order chi connectivity index (χ1) is 11.5. The van der Waals surface area contributed by atoms with Gasteiger partial charge in [0.25, 0.3) is 5.91 Å². The Morgan fingerprint density at radius 1 is 1.29 bits per heavy atom. The zero-order valence-electron chi connectivity index (χ0n) is 13.5. The van der Waals surface area contributed by atoms with Gasteiger partial charge < -0.3 is 15.2 Å². The molecule has 0 spiro atoms. The lowest BCUT2D eigenvalue weighted by atomic mass is 9.88. The minimum Gasteiger partial charge on any atom is -0.494 e. The number of carbonyl (C=O) groups is 1. The van der Waals surface area contributed by atoms with Gasteiger partial charge in [-0.25, -0.2) is 4.39 Å². The Labute approximate surface area is 140 Å². The normalized spacial score (nSPS) is 16.3. The van der Waals surface area contributed by atoms with E-state index in [-0.39, 0.29) is 23.8 Å². The van der Waals surface area contributed by atoms with Crippen LogP contribution in [0, 0.1) is 11.7 Å². The molecule has 1 saturated carbocycles. The summed E-state index contributed by atoms with van der Waals surface area (Å²) in [5.41, 5.74) is -0.115. The number of amides is 1. The van der Waals surface area contributed by atoms with Crippen LogP contribution in [-0.4, -0.2) is 24.7 Å². The Hall–Kier alpha value is -2.40. The standard InChI is InChI=1S/C19H20FNO3/c1-24-17-10-7-13(11-16(17)20)18(22)21-12-19(23,15-8-9-15)14-5-3-2-4-6-14/h2-7,10-11,15,23H,8-9,12H2,1H3,(H,21,22)/t19-/m1/s1. The molecule has 0 radical (unpaired) electrons. The van der Waals surface area contributed by atoms with E-state index in [2.05, 4.69) is 5.32 Å². The summed E-state index contributed by atoms with van der Waals surface area (Å²) in [4.78, 5) is 12.3. The van der Waals surface area contributed by atoms with Gasteiger partial charge in [-0.05, 0) is 42.5 Å². The topological polar surface area (TPSA) is 58.6 Å². The van der Waals surface area contributed by atoms with Gasteiger partial charge in [-0.15, -0.1) is 0 Å². The Morgan fingerprint density at radius 3 is 2.58 bits per heavy atom. The number of benzene rings is 2. The third-order valence-electron chi connectivity index (χ3n) is 4.46. The molecule has 1 aliphatic carbocycles.